The highest BCUT2D eigenvalue weighted by Gasteiger charge is 2.19. The lowest BCUT2D eigenvalue weighted by Crippen LogP contribution is -2.17. The maximum absolute atomic E-state index is 12.5. The van der Waals surface area contributed by atoms with Crippen LogP contribution < -0.4 is 14.8 Å². The number of aromatic carboxylic acids is 1. The van der Waals surface area contributed by atoms with Gasteiger partial charge in [-0.15, -0.1) is 0 Å². The second-order valence-electron chi connectivity index (χ2n) is 6.34. The van der Waals surface area contributed by atoms with Gasteiger partial charge >= 0.3 is 5.97 Å². The van der Waals surface area contributed by atoms with E-state index in [4.69, 9.17) is 14.0 Å². The molecule has 0 saturated heterocycles. The van der Waals surface area contributed by atoms with Crippen molar-refractivity contribution in [2.24, 2.45) is 0 Å². The molecule has 28 heavy (non-hydrogen) atoms. The SMILES string of the molecule is COc1cc(NC(=O)Cc2noc3cc(C)c(C)cc23)c(C(=O)O)cc1OC. The second-order valence-corrected chi connectivity index (χ2v) is 6.34. The Hall–Kier alpha value is -3.55. The van der Waals surface area contributed by atoms with E-state index in [1.807, 2.05) is 26.0 Å². The molecule has 3 aromatic rings. The summed E-state index contributed by atoms with van der Waals surface area (Å²) in [5, 5.41) is 16.8. The molecule has 8 heteroatoms. The number of nitrogens with one attached hydrogen (secondary N) is 1. The zero-order chi connectivity index (χ0) is 20.4. The van der Waals surface area contributed by atoms with Gasteiger partial charge in [-0.1, -0.05) is 5.16 Å². The lowest BCUT2D eigenvalue weighted by molar-refractivity contribution is -0.115. The van der Waals surface area contributed by atoms with Gasteiger partial charge < -0.3 is 24.4 Å². The zero-order valence-electron chi connectivity index (χ0n) is 16.0. The third-order valence-electron chi connectivity index (χ3n) is 4.52. The first-order valence-corrected chi connectivity index (χ1v) is 8.48. The Bertz CT molecular complexity index is 1070. The summed E-state index contributed by atoms with van der Waals surface area (Å²) in [6.45, 7) is 3.93. The first-order chi connectivity index (χ1) is 13.3. The van der Waals surface area contributed by atoms with Crippen molar-refractivity contribution in [3.05, 3.63) is 46.6 Å². The summed E-state index contributed by atoms with van der Waals surface area (Å²) in [6, 6.07) is 6.50. The summed E-state index contributed by atoms with van der Waals surface area (Å²) in [4.78, 5) is 24.1. The van der Waals surface area contributed by atoms with Crippen molar-refractivity contribution in [1.82, 2.24) is 5.16 Å². The number of carbonyl (C=O) groups excluding carboxylic acids is 1. The third-order valence-corrected chi connectivity index (χ3v) is 4.52. The molecule has 3 rings (SSSR count). The number of carboxylic acid groups (broad SMARTS) is 1. The van der Waals surface area contributed by atoms with Crippen molar-refractivity contribution in [2.75, 3.05) is 19.5 Å². The lowest BCUT2D eigenvalue weighted by Gasteiger charge is -2.13. The van der Waals surface area contributed by atoms with Gasteiger partial charge in [0.15, 0.2) is 17.1 Å². The molecule has 0 unspecified atom stereocenters. The van der Waals surface area contributed by atoms with E-state index in [1.165, 1.54) is 26.4 Å². The fourth-order valence-corrected chi connectivity index (χ4v) is 2.88. The molecular weight excluding hydrogens is 364 g/mol. The number of rotatable bonds is 6. The number of benzene rings is 2. The maximum Gasteiger partial charge on any atom is 0.337 e. The largest absolute Gasteiger partial charge is 0.493 e. The molecule has 0 spiro atoms. The molecular formula is C20H20N2O6. The van der Waals surface area contributed by atoms with Gasteiger partial charge in [-0.3, -0.25) is 4.79 Å². The van der Waals surface area contributed by atoms with Crippen LogP contribution in [0.3, 0.4) is 0 Å². The van der Waals surface area contributed by atoms with Crippen LogP contribution in [-0.2, 0) is 11.2 Å². The third kappa shape index (κ3) is 3.62. The lowest BCUT2D eigenvalue weighted by atomic mass is 10.1. The summed E-state index contributed by atoms with van der Waals surface area (Å²) in [7, 11) is 2.83. The molecule has 2 N–H and O–H groups in total. The van der Waals surface area contributed by atoms with Gasteiger partial charge in [-0.2, -0.15) is 0 Å². The first kappa shape index (κ1) is 19.2. The van der Waals surface area contributed by atoms with Crippen molar-refractivity contribution in [3.63, 3.8) is 0 Å². The van der Waals surface area contributed by atoms with E-state index in [9.17, 15) is 14.7 Å². The van der Waals surface area contributed by atoms with Crippen LogP contribution in [0.5, 0.6) is 11.5 Å². The van der Waals surface area contributed by atoms with Crippen LogP contribution in [0.15, 0.2) is 28.8 Å². The molecule has 0 aliphatic carbocycles. The van der Waals surface area contributed by atoms with Gasteiger partial charge in [-0.05, 0) is 37.1 Å². The molecule has 0 atom stereocenters. The number of hydrogen-bond donors (Lipinski definition) is 2. The highest BCUT2D eigenvalue weighted by atomic mass is 16.5. The first-order valence-electron chi connectivity index (χ1n) is 8.48. The van der Waals surface area contributed by atoms with E-state index in [0.29, 0.717) is 17.0 Å². The Labute approximate surface area is 161 Å². The minimum absolute atomic E-state index is 0.0666. The number of anilines is 1. The van der Waals surface area contributed by atoms with Crippen LogP contribution in [0.4, 0.5) is 5.69 Å². The Morgan fingerprint density at radius 2 is 1.71 bits per heavy atom. The molecule has 0 fully saturated rings. The van der Waals surface area contributed by atoms with E-state index in [-0.39, 0.29) is 23.4 Å². The number of methoxy groups -OCH3 is 2. The number of aromatic nitrogens is 1. The summed E-state index contributed by atoms with van der Waals surface area (Å²) in [6.07, 6.45) is -0.0666. The highest BCUT2D eigenvalue weighted by molar-refractivity contribution is 6.02. The van der Waals surface area contributed by atoms with Crippen LogP contribution in [0, 0.1) is 13.8 Å². The van der Waals surface area contributed by atoms with Crippen molar-refractivity contribution >= 4 is 28.5 Å². The van der Waals surface area contributed by atoms with Crippen molar-refractivity contribution in [3.8, 4) is 11.5 Å². The number of carbonyl (C=O) groups is 2. The van der Waals surface area contributed by atoms with Gasteiger partial charge in [-0.25, -0.2) is 4.79 Å². The van der Waals surface area contributed by atoms with Crippen LogP contribution in [0.25, 0.3) is 11.0 Å². The molecule has 0 saturated carbocycles. The molecule has 146 valence electrons. The summed E-state index contributed by atoms with van der Waals surface area (Å²) < 4.78 is 15.6. The Morgan fingerprint density at radius 1 is 1.07 bits per heavy atom. The van der Waals surface area contributed by atoms with Crippen molar-refractivity contribution < 1.29 is 28.7 Å². The Kier molecular flexibility index (Phi) is 5.21. The number of carboxylic acids is 1. The molecule has 0 bridgehead atoms. The molecule has 8 nitrogen and oxygen atoms in total. The summed E-state index contributed by atoms with van der Waals surface area (Å²) in [5.74, 6) is -1.07. The number of fused-ring (bicyclic) bond motifs is 1. The van der Waals surface area contributed by atoms with Crippen molar-refractivity contribution in [2.45, 2.75) is 20.3 Å². The van der Waals surface area contributed by atoms with E-state index in [0.717, 1.165) is 16.5 Å². The van der Waals surface area contributed by atoms with Gasteiger partial charge in [0.25, 0.3) is 0 Å². The zero-order valence-corrected chi connectivity index (χ0v) is 16.0. The van der Waals surface area contributed by atoms with Gasteiger partial charge in [0, 0.05) is 17.5 Å². The topological polar surface area (TPSA) is 111 Å². The van der Waals surface area contributed by atoms with Crippen LogP contribution in [0.2, 0.25) is 0 Å². The van der Waals surface area contributed by atoms with Crippen LogP contribution >= 0.6 is 0 Å². The highest BCUT2D eigenvalue weighted by Crippen LogP contribution is 2.33. The molecule has 0 radical (unpaired) electrons. The predicted octanol–water partition coefficient (Wildman–Crippen LogP) is 3.34. The van der Waals surface area contributed by atoms with Crippen LogP contribution in [-0.4, -0.2) is 36.4 Å². The van der Waals surface area contributed by atoms with Gasteiger partial charge in [0.1, 0.15) is 5.69 Å². The van der Waals surface area contributed by atoms with E-state index in [2.05, 4.69) is 10.5 Å². The fraction of sp³-hybridized carbons (Fsp3) is 0.250. The van der Waals surface area contributed by atoms with Crippen LogP contribution in [0.1, 0.15) is 27.2 Å². The fourth-order valence-electron chi connectivity index (χ4n) is 2.88. The summed E-state index contributed by atoms with van der Waals surface area (Å²) >= 11 is 0. The number of aryl methyl sites for hydroxylation is 2. The maximum atomic E-state index is 12.5. The average Bonchev–Trinajstić information content (AvgIpc) is 3.02. The number of ether oxygens (including phenoxy) is 2. The van der Waals surface area contributed by atoms with Gasteiger partial charge in [0.05, 0.1) is 31.9 Å². The Morgan fingerprint density at radius 3 is 2.36 bits per heavy atom. The number of nitrogens with zero attached hydrogens (tertiary/aromatic N) is 1. The normalized spacial score (nSPS) is 10.7. The average molecular weight is 384 g/mol. The van der Waals surface area contributed by atoms with Gasteiger partial charge in [0.2, 0.25) is 5.91 Å². The predicted molar refractivity (Wildman–Crippen MR) is 102 cm³/mol. The standard InChI is InChI=1S/C20H20N2O6/c1-10-5-12-15(22-28-16(12)6-11(10)2)9-19(23)21-14-8-18(27-4)17(26-3)7-13(14)20(24)25/h5-8H,9H2,1-4H3,(H,21,23)(H,24,25). The molecule has 1 aromatic heterocycles. The quantitative estimate of drug-likeness (QED) is 0.670. The smallest absolute Gasteiger partial charge is 0.337 e. The molecule has 0 aliphatic heterocycles. The molecule has 1 heterocycles. The minimum Gasteiger partial charge on any atom is -0.493 e. The summed E-state index contributed by atoms with van der Waals surface area (Å²) in [5.41, 5.74) is 3.20. The molecule has 0 aliphatic rings. The molecule has 1 amide bonds. The minimum atomic E-state index is -1.20. The van der Waals surface area contributed by atoms with E-state index in [1.54, 1.807) is 0 Å². The van der Waals surface area contributed by atoms with E-state index < -0.39 is 11.9 Å². The number of amides is 1. The van der Waals surface area contributed by atoms with Crippen molar-refractivity contribution in [1.29, 1.82) is 0 Å². The molecule has 2 aromatic carbocycles. The van der Waals surface area contributed by atoms with E-state index >= 15 is 0 Å². The Balaban J connectivity index is 1.89. The second kappa shape index (κ2) is 7.59. The number of hydrogen-bond acceptors (Lipinski definition) is 6. The monoisotopic (exact) mass is 384 g/mol.